The van der Waals surface area contributed by atoms with E-state index in [1.165, 1.54) is 6.07 Å². The van der Waals surface area contributed by atoms with Crippen molar-refractivity contribution in [1.29, 1.82) is 0 Å². The maximum Gasteiger partial charge on any atom is 0.336 e. The second-order valence-corrected chi connectivity index (χ2v) is 6.92. The van der Waals surface area contributed by atoms with E-state index in [-0.39, 0.29) is 0 Å². The fourth-order valence-electron chi connectivity index (χ4n) is 2.45. The van der Waals surface area contributed by atoms with Gasteiger partial charge in [0.25, 0.3) is 5.76 Å². The second-order valence-electron chi connectivity index (χ2n) is 5.44. The summed E-state index contributed by atoms with van der Waals surface area (Å²) in [6, 6.07) is 11.6. The number of aryl methyl sites for hydroxylation is 1. The highest BCUT2D eigenvalue weighted by Gasteiger charge is 2.09. The van der Waals surface area contributed by atoms with Crippen molar-refractivity contribution in [1.82, 2.24) is 0 Å². The maximum atomic E-state index is 12.3. The number of hydrogen-bond donors (Lipinski definition) is 1. The fraction of sp³-hybridized carbons (Fsp3) is 0.167. The number of benzene rings is 2. The van der Waals surface area contributed by atoms with Gasteiger partial charge >= 0.3 is 5.63 Å². The molecule has 0 unspecified atom stereocenters. The van der Waals surface area contributed by atoms with Crippen LogP contribution in [0.1, 0.15) is 11.1 Å². The minimum atomic E-state index is -2.44. The molecular formula is C18H14ClF2NO2S. The lowest BCUT2D eigenvalue weighted by molar-refractivity contribution is 0.252. The maximum absolute atomic E-state index is 12.3. The topological polar surface area (TPSA) is 42.2 Å². The molecule has 1 heterocycles. The average molecular weight is 382 g/mol. The Morgan fingerprint density at radius 1 is 1.20 bits per heavy atom. The molecule has 7 heteroatoms. The molecule has 0 aliphatic heterocycles. The number of rotatable bonds is 5. The molecule has 25 heavy (non-hydrogen) atoms. The Labute approximate surface area is 152 Å². The van der Waals surface area contributed by atoms with E-state index in [2.05, 4.69) is 5.32 Å². The van der Waals surface area contributed by atoms with Gasteiger partial charge in [0.15, 0.2) is 0 Å². The number of nitrogens with one attached hydrogen (secondary N) is 1. The Morgan fingerprint density at radius 3 is 2.60 bits per heavy atom. The molecule has 0 saturated carbocycles. The molecular weight excluding hydrogens is 368 g/mol. The molecule has 3 aromatic rings. The molecule has 3 rings (SSSR count). The van der Waals surface area contributed by atoms with Crippen molar-refractivity contribution in [2.24, 2.45) is 0 Å². The van der Waals surface area contributed by atoms with Gasteiger partial charge in [0.1, 0.15) is 5.58 Å². The molecule has 0 bridgehead atoms. The summed E-state index contributed by atoms with van der Waals surface area (Å²) in [4.78, 5) is 12.3. The molecule has 0 spiro atoms. The highest BCUT2D eigenvalue weighted by molar-refractivity contribution is 7.99. The van der Waals surface area contributed by atoms with E-state index < -0.39 is 11.4 Å². The van der Waals surface area contributed by atoms with Crippen LogP contribution in [-0.2, 0) is 6.54 Å². The van der Waals surface area contributed by atoms with E-state index in [0.717, 1.165) is 22.2 Å². The van der Waals surface area contributed by atoms with E-state index in [1.807, 2.05) is 6.92 Å². The van der Waals surface area contributed by atoms with E-state index in [4.69, 9.17) is 16.0 Å². The van der Waals surface area contributed by atoms with Crippen LogP contribution in [0.5, 0.6) is 0 Å². The first-order valence-corrected chi connectivity index (χ1v) is 8.70. The first kappa shape index (κ1) is 17.8. The van der Waals surface area contributed by atoms with Crippen molar-refractivity contribution < 1.29 is 13.2 Å². The van der Waals surface area contributed by atoms with Gasteiger partial charge in [-0.25, -0.2) is 4.79 Å². The lowest BCUT2D eigenvalue weighted by atomic mass is 10.1. The van der Waals surface area contributed by atoms with Crippen LogP contribution in [0.15, 0.2) is 56.6 Å². The third kappa shape index (κ3) is 4.32. The lowest BCUT2D eigenvalue weighted by Gasteiger charge is -2.10. The van der Waals surface area contributed by atoms with Crippen LogP contribution in [0.2, 0.25) is 5.02 Å². The van der Waals surface area contributed by atoms with Crippen LogP contribution in [0.4, 0.5) is 14.5 Å². The Bertz CT molecular complexity index is 958. The van der Waals surface area contributed by atoms with Gasteiger partial charge in [0, 0.05) is 33.6 Å². The minimum absolute atomic E-state index is 0.378. The molecule has 0 aliphatic rings. The van der Waals surface area contributed by atoms with Crippen LogP contribution in [0.3, 0.4) is 0 Å². The lowest BCUT2D eigenvalue weighted by Crippen LogP contribution is -2.06. The number of fused-ring (bicyclic) bond motifs is 1. The van der Waals surface area contributed by atoms with Crippen molar-refractivity contribution in [3.8, 4) is 0 Å². The summed E-state index contributed by atoms with van der Waals surface area (Å²) in [5.74, 6) is -2.44. The van der Waals surface area contributed by atoms with Gasteiger partial charge in [-0.1, -0.05) is 23.4 Å². The third-order valence-electron chi connectivity index (χ3n) is 3.67. The van der Waals surface area contributed by atoms with Crippen molar-refractivity contribution in [2.75, 3.05) is 5.32 Å². The van der Waals surface area contributed by atoms with Crippen LogP contribution in [-0.4, -0.2) is 5.76 Å². The Kier molecular flexibility index (Phi) is 5.30. The van der Waals surface area contributed by atoms with Crippen molar-refractivity contribution >= 4 is 40.0 Å². The highest BCUT2D eigenvalue weighted by Crippen LogP contribution is 2.27. The van der Waals surface area contributed by atoms with Crippen LogP contribution < -0.4 is 10.9 Å². The summed E-state index contributed by atoms with van der Waals surface area (Å²) in [5, 5.41) is 4.53. The average Bonchev–Trinajstić information content (AvgIpc) is 2.55. The van der Waals surface area contributed by atoms with Gasteiger partial charge in [-0.05, 0) is 54.4 Å². The number of halogens is 3. The van der Waals surface area contributed by atoms with E-state index in [0.29, 0.717) is 33.8 Å². The highest BCUT2D eigenvalue weighted by atomic mass is 35.5. The van der Waals surface area contributed by atoms with E-state index in [1.54, 1.807) is 36.4 Å². The summed E-state index contributed by atoms with van der Waals surface area (Å²) >= 11 is 6.67. The Balaban J connectivity index is 1.83. The molecule has 2 aromatic carbocycles. The molecule has 0 amide bonds. The van der Waals surface area contributed by atoms with Gasteiger partial charge in [-0.2, -0.15) is 8.78 Å². The molecule has 1 aromatic heterocycles. The number of hydrogen-bond acceptors (Lipinski definition) is 4. The van der Waals surface area contributed by atoms with Gasteiger partial charge in [-0.15, -0.1) is 0 Å². The molecule has 130 valence electrons. The Hall–Kier alpha value is -2.05. The van der Waals surface area contributed by atoms with Gasteiger partial charge in [0.2, 0.25) is 0 Å². The smallest absolute Gasteiger partial charge is 0.336 e. The van der Waals surface area contributed by atoms with Crippen LogP contribution in [0, 0.1) is 6.92 Å². The molecule has 0 saturated heterocycles. The monoisotopic (exact) mass is 381 g/mol. The van der Waals surface area contributed by atoms with Crippen molar-refractivity contribution in [3.63, 3.8) is 0 Å². The number of thioether (sulfide) groups is 1. The summed E-state index contributed by atoms with van der Waals surface area (Å²) in [7, 11) is 0. The zero-order chi connectivity index (χ0) is 18.0. The second kappa shape index (κ2) is 7.45. The Morgan fingerprint density at radius 2 is 1.92 bits per heavy atom. The summed E-state index contributed by atoms with van der Waals surface area (Å²) in [5.41, 5.74) is 2.39. The number of anilines is 1. The quantitative estimate of drug-likeness (QED) is 0.456. The standard InChI is InChI=1S/C18H14ClF2NO2S/c1-10-6-16-14(8-15(10)19)11(7-17(23)24-16)9-22-12-2-4-13(5-3-12)25-18(20)21/h2-8,18,22H,9H2,1H3. The predicted octanol–water partition coefficient (Wildman–Crippen LogP) is 5.68. The van der Waals surface area contributed by atoms with Gasteiger partial charge in [0.05, 0.1) is 0 Å². The minimum Gasteiger partial charge on any atom is -0.423 e. The van der Waals surface area contributed by atoms with E-state index >= 15 is 0 Å². The first-order valence-electron chi connectivity index (χ1n) is 7.44. The van der Waals surface area contributed by atoms with E-state index in [9.17, 15) is 13.6 Å². The summed E-state index contributed by atoms with van der Waals surface area (Å²) < 4.78 is 29.9. The van der Waals surface area contributed by atoms with Crippen molar-refractivity contribution in [2.45, 2.75) is 24.1 Å². The van der Waals surface area contributed by atoms with Crippen LogP contribution >= 0.6 is 23.4 Å². The van der Waals surface area contributed by atoms with Crippen molar-refractivity contribution in [3.05, 3.63) is 69.0 Å². The fourth-order valence-corrected chi connectivity index (χ4v) is 3.11. The van der Waals surface area contributed by atoms with Crippen LogP contribution in [0.25, 0.3) is 11.0 Å². The molecule has 3 nitrogen and oxygen atoms in total. The molecule has 0 radical (unpaired) electrons. The summed E-state index contributed by atoms with van der Waals surface area (Å²) in [6.45, 7) is 2.22. The zero-order valence-electron chi connectivity index (χ0n) is 13.2. The van der Waals surface area contributed by atoms with Gasteiger partial charge < -0.3 is 9.73 Å². The molecule has 0 aliphatic carbocycles. The first-order chi connectivity index (χ1) is 11.9. The summed E-state index contributed by atoms with van der Waals surface area (Å²) in [6.07, 6.45) is 0. The largest absolute Gasteiger partial charge is 0.423 e. The SMILES string of the molecule is Cc1cc2oc(=O)cc(CNc3ccc(SC(F)F)cc3)c2cc1Cl. The molecule has 0 fully saturated rings. The molecule has 0 atom stereocenters. The number of alkyl halides is 2. The normalized spacial score (nSPS) is 11.2. The molecule has 1 N–H and O–H groups in total. The predicted molar refractivity (Wildman–Crippen MR) is 97.9 cm³/mol. The third-order valence-corrected chi connectivity index (χ3v) is 4.80. The van der Waals surface area contributed by atoms with Gasteiger partial charge in [-0.3, -0.25) is 0 Å². The zero-order valence-corrected chi connectivity index (χ0v) is 14.8.